The van der Waals surface area contributed by atoms with Gasteiger partial charge < -0.3 is 9.88 Å². The van der Waals surface area contributed by atoms with Crippen LogP contribution in [0.3, 0.4) is 0 Å². The molecule has 0 saturated carbocycles. The Labute approximate surface area is 143 Å². The molecule has 0 aliphatic carbocycles. The maximum atomic E-state index is 12.6. The smallest absolute Gasteiger partial charge is 0.268 e. The molecule has 0 fully saturated rings. The van der Waals surface area contributed by atoms with Crippen molar-refractivity contribution in [3.8, 4) is 0 Å². The Morgan fingerprint density at radius 1 is 1.22 bits per heavy atom. The van der Waals surface area contributed by atoms with Gasteiger partial charge in [-0.25, -0.2) is 0 Å². The van der Waals surface area contributed by atoms with E-state index in [2.05, 4.69) is 22.0 Å². The average molecular weight is 343 g/mol. The van der Waals surface area contributed by atoms with Gasteiger partial charge in [-0.1, -0.05) is 35.9 Å². The first-order valence-corrected chi connectivity index (χ1v) is 8.86. The number of hydrogen-bond donors (Lipinski definition) is 1. The van der Waals surface area contributed by atoms with E-state index >= 15 is 0 Å². The summed E-state index contributed by atoms with van der Waals surface area (Å²) < 4.78 is 2.13. The molecular weight excluding hydrogens is 328 g/mol. The molecule has 0 bridgehead atoms. The highest BCUT2D eigenvalue weighted by Crippen LogP contribution is 2.34. The lowest BCUT2D eigenvalue weighted by molar-refractivity contribution is 0.0942. The van der Waals surface area contributed by atoms with Gasteiger partial charge in [0.05, 0.1) is 5.52 Å². The Hall–Kier alpha value is -1.91. The molecule has 1 aliphatic heterocycles. The fourth-order valence-corrected chi connectivity index (χ4v) is 4.24. The molecule has 3 nitrogen and oxygen atoms in total. The first-order valence-electron chi connectivity index (χ1n) is 7.50. The normalized spacial score (nSPS) is 13.3. The summed E-state index contributed by atoms with van der Waals surface area (Å²) >= 11 is 7.83. The highest BCUT2D eigenvalue weighted by atomic mass is 35.5. The van der Waals surface area contributed by atoms with E-state index in [1.165, 1.54) is 10.4 Å². The van der Waals surface area contributed by atoms with Gasteiger partial charge in [0.1, 0.15) is 5.69 Å². The first-order chi connectivity index (χ1) is 11.2. The van der Waals surface area contributed by atoms with Crippen LogP contribution in [0.4, 0.5) is 0 Å². The molecule has 116 valence electrons. The number of benzene rings is 2. The summed E-state index contributed by atoms with van der Waals surface area (Å²) in [5.74, 6) is 0.953. The quantitative estimate of drug-likeness (QED) is 0.768. The van der Waals surface area contributed by atoms with E-state index in [1.54, 1.807) is 0 Å². The van der Waals surface area contributed by atoms with E-state index in [9.17, 15) is 4.79 Å². The number of amides is 1. The SMILES string of the molecule is O=C(NCc1cccc(Cl)c1)c1cc2cccc3c2n1CCS3. The zero-order chi connectivity index (χ0) is 15.8. The van der Waals surface area contributed by atoms with E-state index in [-0.39, 0.29) is 5.91 Å². The molecule has 1 aromatic heterocycles. The minimum absolute atomic E-state index is 0.0426. The van der Waals surface area contributed by atoms with Crippen molar-refractivity contribution >= 4 is 40.2 Å². The Bertz CT molecular complexity index is 903. The number of nitrogens with zero attached hydrogens (tertiary/aromatic N) is 1. The lowest BCUT2D eigenvalue weighted by Gasteiger charge is -2.17. The Morgan fingerprint density at radius 2 is 2.09 bits per heavy atom. The van der Waals surface area contributed by atoms with Crippen LogP contribution in [0.1, 0.15) is 16.1 Å². The molecule has 2 heterocycles. The van der Waals surface area contributed by atoms with Crippen molar-refractivity contribution in [3.63, 3.8) is 0 Å². The second-order valence-electron chi connectivity index (χ2n) is 5.54. The number of aryl methyl sites for hydroxylation is 1. The Kier molecular flexibility index (Phi) is 3.79. The minimum atomic E-state index is -0.0426. The molecule has 0 saturated heterocycles. The lowest BCUT2D eigenvalue weighted by atomic mass is 10.2. The van der Waals surface area contributed by atoms with Crippen molar-refractivity contribution in [3.05, 3.63) is 64.8 Å². The van der Waals surface area contributed by atoms with Crippen LogP contribution in [0.25, 0.3) is 10.9 Å². The van der Waals surface area contributed by atoms with Gasteiger partial charge in [-0.2, -0.15) is 0 Å². The number of carbonyl (C=O) groups is 1. The zero-order valence-electron chi connectivity index (χ0n) is 12.4. The first kappa shape index (κ1) is 14.7. The largest absolute Gasteiger partial charge is 0.347 e. The molecule has 1 aliphatic rings. The lowest BCUT2D eigenvalue weighted by Crippen LogP contribution is -2.26. The fourth-order valence-electron chi connectivity index (χ4n) is 2.99. The van der Waals surface area contributed by atoms with Crippen molar-refractivity contribution in [2.75, 3.05) is 5.75 Å². The van der Waals surface area contributed by atoms with Gasteiger partial charge >= 0.3 is 0 Å². The van der Waals surface area contributed by atoms with Gasteiger partial charge in [0.25, 0.3) is 5.91 Å². The maximum Gasteiger partial charge on any atom is 0.268 e. The second kappa shape index (κ2) is 5.95. The van der Waals surface area contributed by atoms with Crippen LogP contribution < -0.4 is 5.32 Å². The van der Waals surface area contributed by atoms with E-state index in [1.807, 2.05) is 48.2 Å². The number of hydrogen-bond acceptors (Lipinski definition) is 2. The highest BCUT2D eigenvalue weighted by Gasteiger charge is 2.20. The molecule has 5 heteroatoms. The number of halogens is 1. The van der Waals surface area contributed by atoms with Crippen molar-refractivity contribution in [1.82, 2.24) is 9.88 Å². The summed E-state index contributed by atoms with van der Waals surface area (Å²) in [4.78, 5) is 13.9. The monoisotopic (exact) mass is 342 g/mol. The number of nitrogens with one attached hydrogen (secondary N) is 1. The van der Waals surface area contributed by atoms with Crippen LogP contribution in [0.15, 0.2) is 53.4 Å². The third-order valence-electron chi connectivity index (χ3n) is 4.03. The molecule has 0 atom stereocenters. The van der Waals surface area contributed by atoms with Crippen LogP contribution in [0, 0.1) is 0 Å². The molecule has 4 rings (SSSR count). The summed E-state index contributed by atoms with van der Waals surface area (Å²) in [5, 5.41) is 4.81. The summed E-state index contributed by atoms with van der Waals surface area (Å²) in [6.07, 6.45) is 0. The number of carbonyl (C=O) groups excluding carboxylic acids is 1. The summed E-state index contributed by atoms with van der Waals surface area (Å²) in [6.45, 7) is 1.34. The van der Waals surface area contributed by atoms with Crippen LogP contribution in [0.2, 0.25) is 5.02 Å². The van der Waals surface area contributed by atoms with E-state index < -0.39 is 0 Å². The van der Waals surface area contributed by atoms with Crippen LogP contribution in [0.5, 0.6) is 0 Å². The minimum Gasteiger partial charge on any atom is -0.347 e. The fraction of sp³-hybridized carbons (Fsp3) is 0.167. The summed E-state index contributed by atoms with van der Waals surface area (Å²) in [5.41, 5.74) is 2.91. The van der Waals surface area contributed by atoms with Gasteiger partial charge in [0.15, 0.2) is 0 Å². The molecular formula is C18H15ClN2OS. The molecule has 0 unspecified atom stereocenters. The molecule has 3 aromatic rings. The van der Waals surface area contributed by atoms with Gasteiger partial charge in [0, 0.05) is 34.1 Å². The van der Waals surface area contributed by atoms with Crippen molar-refractivity contribution in [1.29, 1.82) is 0 Å². The number of thioether (sulfide) groups is 1. The van der Waals surface area contributed by atoms with E-state index in [4.69, 9.17) is 11.6 Å². The summed E-state index contributed by atoms with van der Waals surface area (Å²) in [7, 11) is 0. The average Bonchev–Trinajstić information content (AvgIpc) is 2.94. The molecule has 1 amide bonds. The van der Waals surface area contributed by atoms with Crippen molar-refractivity contribution in [2.24, 2.45) is 0 Å². The number of aromatic nitrogens is 1. The predicted octanol–water partition coefficient (Wildman–Crippen LogP) is 4.33. The number of para-hydroxylation sites is 1. The highest BCUT2D eigenvalue weighted by molar-refractivity contribution is 7.99. The molecule has 0 radical (unpaired) electrons. The third-order valence-corrected chi connectivity index (χ3v) is 5.29. The number of rotatable bonds is 3. The van der Waals surface area contributed by atoms with Gasteiger partial charge in [0.2, 0.25) is 0 Å². The van der Waals surface area contributed by atoms with Crippen molar-refractivity contribution in [2.45, 2.75) is 18.0 Å². The maximum absolute atomic E-state index is 12.6. The van der Waals surface area contributed by atoms with Crippen LogP contribution in [-0.4, -0.2) is 16.2 Å². The second-order valence-corrected chi connectivity index (χ2v) is 7.11. The predicted molar refractivity (Wildman–Crippen MR) is 95.3 cm³/mol. The van der Waals surface area contributed by atoms with Gasteiger partial charge in [-0.3, -0.25) is 4.79 Å². The van der Waals surface area contributed by atoms with Gasteiger partial charge in [-0.05, 0) is 29.8 Å². The Morgan fingerprint density at radius 3 is 2.96 bits per heavy atom. The van der Waals surface area contributed by atoms with Crippen LogP contribution >= 0.6 is 23.4 Å². The standard InChI is InChI=1S/C18H15ClN2OS/c19-14-5-1-3-12(9-14)11-20-18(22)15-10-13-4-2-6-16-17(13)21(15)7-8-23-16/h1-6,9-10H,7-8,11H2,(H,20,22). The third kappa shape index (κ3) is 2.73. The van der Waals surface area contributed by atoms with Crippen LogP contribution in [-0.2, 0) is 13.1 Å². The topological polar surface area (TPSA) is 34.0 Å². The Balaban J connectivity index is 1.62. The van der Waals surface area contributed by atoms with E-state index in [0.717, 1.165) is 28.9 Å². The van der Waals surface area contributed by atoms with E-state index in [0.29, 0.717) is 11.6 Å². The summed E-state index contributed by atoms with van der Waals surface area (Å²) in [6, 6.07) is 15.8. The van der Waals surface area contributed by atoms with Crippen molar-refractivity contribution < 1.29 is 4.79 Å². The van der Waals surface area contributed by atoms with Gasteiger partial charge in [-0.15, -0.1) is 11.8 Å². The molecule has 2 aromatic carbocycles. The molecule has 1 N–H and O–H groups in total. The molecule has 0 spiro atoms. The molecule has 23 heavy (non-hydrogen) atoms. The zero-order valence-corrected chi connectivity index (χ0v) is 14.0.